The van der Waals surface area contributed by atoms with Crippen LogP contribution in [-0.4, -0.2) is 51.8 Å². The number of carbonyl (C=O) groups excluding carboxylic acids is 3. The lowest BCUT2D eigenvalue weighted by molar-refractivity contribution is -0.223. The SMILES string of the molecule is CC[C@H](C)C(=O)O[C@@H]1[C@@H](C)[C@]2(O)[C@@H]3C=C(C)C(=O)[C@@H]3CC(CO)=C[C@H]2[C@@H]2C(C)(C)[C@]12OC(=O)[C@@H](C)CC. The first-order valence-corrected chi connectivity index (χ1v) is 13.9. The zero-order valence-corrected chi connectivity index (χ0v) is 23.5. The van der Waals surface area contributed by atoms with Gasteiger partial charge in [0.1, 0.15) is 6.10 Å². The number of ether oxygens (including phenoxy) is 2. The summed E-state index contributed by atoms with van der Waals surface area (Å²) in [5.74, 6) is -3.88. The number of fused-ring (bicyclic) bond motifs is 5. The topological polar surface area (TPSA) is 110 Å². The molecule has 2 N–H and O–H groups in total. The fraction of sp³-hybridized carbons (Fsp3) is 0.767. The summed E-state index contributed by atoms with van der Waals surface area (Å²) >= 11 is 0. The van der Waals surface area contributed by atoms with E-state index in [1.807, 2.05) is 53.7 Å². The van der Waals surface area contributed by atoms with E-state index < -0.39 is 46.4 Å². The predicted molar refractivity (Wildman–Crippen MR) is 138 cm³/mol. The molecule has 0 saturated heterocycles. The van der Waals surface area contributed by atoms with Crippen molar-refractivity contribution in [3.8, 4) is 0 Å². The van der Waals surface area contributed by atoms with Crippen LogP contribution >= 0.6 is 0 Å². The predicted octanol–water partition coefficient (Wildman–Crippen LogP) is 4.01. The highest BCUT2D eigenvalue weighted by Gasteiger charge is 2.87. The fourth-order valence-corrected chi connectivity index (χ4v) is 7.60. The lowest BCUT2D eigenvalue weighted by Gasteiger charge is -2.52. The Labute approximate surface area is 220 Å². The highest BCUT2D eigenvalue weighted by atomic mass is 16.6. The maximum absolute atomic E-state index is 13.3. The molecule has 4 rings (SSSR count). The van der Waals surface area contributed by atoms with Gasteiger partial charge in [-0.3, -0.25) is 14.4 Å². The number of esters is 2. The Hall–Kier alpha value is -1.99. The first-order chi connectivity index (χ1) is 17.2. The van der Waals surface area contributed by atoms with E-state index in [4.69, 9.17) is 9.47 Å². The normalized spacial score (nSPS) is 41.2. The number of hydrogen-bond donors (Lipinski definition) is 2. The van der Waals surface area contributed by atoms with Gasteiger partial charge < -0.3 is 19.7 Å². The van der Waals surface area contributed by atoms with Gasteiger partial charge in [-0.2, -0.15) is 0 Å². The molecule has 4 aliphatic rings. The van der Waals surface area contributed by atoms with Gasteiger partial charge in [0.05, 0.1) is 24.0 Å². The number of aliphatic hydroxyl groups excluding tert-OH is 1. The number of allylic oxidation sites excluding steroid dienone is 1. The monoisotopic (exact) mass is 516 g/mol. The molecule has 0 unspecified atom stereocenters. The second-order valence-electron chi connectivity index (χ2n) is 12.6. The molecular formula is C30H44O7. The number of hydrogen-bond acceptors (Lipinski definition) is 7. The zero-order chi connectivity index (χ0) is 27.7. The Morgan fingerprint density at radius 2 is 1.68 bits per heavy atom. The highest BCUT2D eigenvalue weighted by molar-refractivity contribution is 6.00. The van der Waals surface area contributed by atoms with Crippen molar-refractivity contribution in [3.05, 3.63) is 23.3 Å². The third-order valence-electron chi connectivity index (χ3n) is 10.4. The van der Waals surface area contributed by atoms with Crippen LogP contribution in [-0.2, 0) is 23.9 Å². The molecule has 0 bridgehead atoms. The van der Waals surface area contributed by atoms with Crippen molar-refractivity contribution in [1.29, 1.82) is 0 Å². The van der Waals surface area contributed by atoms with Crippen LogP contribution in [0.25, 0.3) is 0 Å². The van der Waals surface area contributed by atoms with Crippen LogP contribution in [0.15, 0.2) is 23.3 Å². The van der Waals surface area contributed by atoms with Crippen LogP contribution in [0.1, 0.15) is 74.7 Å². The Morgan fingerprint density at radius 1 is 1.08 bits per heavy atom. The Kier molecular flexibility index (Phi) is 7.07. The first kappa shape index (κ1) is 28.0. The molecule has 0 aromatic rings. The Bertz CT molecular complexity index is 1040. The van der Waals surface area contributed by atoms with Crippen LogP contribution < -0.4 is 0 Å². The molecule has 37 heavy (non-hydrogen) atoms. The number of carbonyl (C=O) groups is 3. The molecule has 206 valence electrons. The van der Waals surface area contributed by atoms with E-state index in [1.54, 1.807) is 13.8 Å². The van der Waals surface area contributed by atoms with Crippen molar-refractivity contribution < 1.29 is 34.1 Å². The first-order valence-electron chi connectivity index (χ1n) is 13.9. The summed E-state index contributed by atoms with van der Waals surface area (Å²) in [5.41, 5.74) is -1.85. The van der Waals surface area contributed by atoms with Crippen LogP contribution in [0.3, 0.4) is 0 Å². The molecule has 4 aliphatic carbocycles. The standard InChI is InChI=1S/C30H44O7/c1-9-15(3)26(33)36-25-18(6)29(35)21-11-17(5)23(32)20(21)12-19(14-31)13-22(29)24-28(7,8)30(24,25)37-27(34)16(4)10-2/h11,13,15-16,18,20-22,24-25,31,35H,9-10,12,14H2,1-8H3/t15-,16-,18+,20+,21+,22-,24+,25+,29-,30+/m0/s1. The van der Waals surface area contributed by atoms with Gasteiger partial charge in [-0.05, 0) is 37.3 Å². The lowest BCUT2D eigenvalue weighted by Crippen LogP contribution is -2.64. The molecule has 2 saturated carbocycles. The summed E-state index contributed by atoms with van der Waals surface area (Å²) in [7, 11) is 0. The molecule has 0 spiro atoms. The van der Waals surface area contributed by atoms with E-state index >= 15 is 0 Å². The summed E-state index contributed by atoms with van der Waals surface area (Å²) in [6.07, 6.45) is 4.49. The molecule has 0 aromatic carbocycles. The smallest absolute Gasteiger partial charge is 0.309 e. The maximum Gasteiger partial charge on any atom is 0.309 e. The van der Waals surface area contributed by atoms with Crippen LogP contribution in [0.5, 0.6) is 0 Å². The quantitative estimate of drug-likeness (QED) is 0.389. The minimum absolute atomic E-state index is 0.0196. The Morgan fingerprint density at radius 3 is 2.24 bits per heavy atom. The molecule has 7 heteroatoms. The van der Waals surface area contributed by atoms with Crippen LogP contribution in [0.2, 0.25) is 0 Å². The molecule has 10 atom stereocenters. The van der Waals surface area contributed by atoms with Gasteiger partial charge in [-0.25, -0.2) is 0 Å². The summed E-state index contributed by atoms with van der Waals surface area (Å²) in [5, 5.41) is 22.9. The van der Waals surface area contributed by atoms with E-state index in [0.717, 1.165) is 0 Å². The van der Waals surface area contributed by atoms with Crippen molar-refractivity contribution in [3.63, 3.8) is 0 Å². The molecule has 0 radical (unpaired) electrons. The van der Waals surface area contributed by atoms with Crippen LogP contribution in [0, 0.1) is 46.8 Å². The van der Waals surface area contributed by atoms with Crippen molar-refractivity contribution in [1.82, 2.24) is 0 Å². The van der Waals surface area contributed by atoms with E-state index in [-0.39, 0.29) is 42.1 Å². The average molecular weight is 517 g/mol. The van der Waals surface area contributed by atoms with Gasteiger partial charge in [0.25, 0.3) is 0 Å². The van der Waals surface area contributed by atoms with E-state index in [0.29, 0.717) is 30.4 Å². The second kappa shape index (κ2) is 9.33. The highest BCUT2D eigenvalue weighted by Crippen LogP contribution is 2.77. The Balaban J connectivity index is 1.90. The van der Waals surface area contributed by atoms with Crippen molar-refractivity contribution in [2.45, 2.75) is 92.0 Å². The lowest BCUT2D eigenvalue weighted by atomic mass is 9.59. The molecule has 2 fully saturated rings. The fourth-order valence-electron chi connectivity index (χ4n) is 7.60. The summed E-state index contributed by atoms with van der Waals surface area (Å²) in [6.45, 7) is 14.9. The van der Waals surface area contributed by atoms with E-state index in [1.165, 1.54) is 0 Å². The number of Topliss-reactive ketones (excluding diaryl/α,β-unsaturated/α-hetero) is 1. The number of ketones is 1. The molecular weight excluding hydrogens is 472 g/mol. The van der Waals surface area contributed by atoms with Gasteiger partial charge in [0.2, 0.25) is 0 Å². The molecule has 0 heterocycles. The molecule has 0 aliphatic heterocycles. The minimum Gasteiger partial charge on any atom is -0.457 e. The van der Waals surface area contributed by atoms with Gasteiger partial charge in [-0.15, -0.1) is 0 Å². The molecule has 0 amide bonds. The average Bonchev–Trinajstić information content (AvgIpc) is 3.26. The molecule has 0 aromatic heterocycles. The van der Waals surface area contributed by atoms with Gasteiger partial charge in [0, 0.05) is 35.0 Å². The summed E-state index contributed by atoms with van der Waals surface area (Å²) in [4.78, 5) is 39.6. The largest absolute Gasteiger partial charge is 0.457 e. The van der Waals surface area contributed by atoms with Gasteiger partial charge >= 0.3 is 11.9 Å². The van der Waals surface area contributed by atoms with E-state index in [9.17, 15) is 24.6 Å². The zero-order valence-electron chi connectivity index (χ0n) is 23.5. The number of rotatable bonds is 7. The van der Waals surface area contributed by atoms with Crippen LogP contribution in [0.4, 0.5) is 0 Å². The van der Waals surface area contributed by atoms with Gasteiger partial charge in [-0.1, -0.05) is 60.6 Å². The number of aliphatic hydroxyl groups is 2. The van der Waals surface area contributed by atoms with Crippen molar-refractivity contribution in [2.75, 3.05) is 6.61 Å². The summed E-state index contributed by atoms with van der Waals surface area (Å²) < 4.78 is 12.6. The van der Waals surface area contributed by atoms with Crippen molar-refractivity contribution >= 4 is 17.7 Å². The van der Waals surface area contributed by atoms with Crippen molar-refractivity contribution in [2.24, 2.45) is 46.8 Å². The summed E-state index contributed by atoms with van der Waals surface area (Å²) in [6, 6.07) is 0. The minimum atomic E-state index is -1.43. The van der Waals surface area contributed by atoms with Gasteiger partial charge in [0.15, 0.2) is 11.4 Å². The third-order valence-corrected chi connectivity index (χ3v) is 10.4. The maximum atomic E-state index is 13.3. The third kappa shape index (κ3) is 3.78. The second-order valence-corrected chi connectivity index (χ2v) is 12.6. The van der Waals surface area contributed by atoms with E-state index in [2.05, 4.69) is 0 Å². The molecule has 7 nitrogen and oxygen atoms in total.